The van der Waals surface area contributed by atoms with Crippen LogP contribution in [0.1, 0.15) is 30.7 Å². The number of nitrogens with two attached hydrogens (primary N) is 1. The van der Waals surface area contributed by atoms with Crippen LogP contribution in [0.3, 0.4) is 0 Å². The van der Waals surface area contributed by atoms with Gasteiger partial charge in [0.1, 0.15) is 11.6 Å². The van der Waals surface area contributed by atoms with Crippen molar-refractivity contribution in [2.45, 2.75) is 29.5 Å². The van der Waals surface area contributed by atoms with E-state index in [1.54, 1.807) is 29.2 Å². The van der Waals surface area contributed by atoms with Gasteiger partial charge in [0, 0.05) is 33.9 Å². The molecule has 0 fully saturated rings. The maximum Gasteiger partial charge on any atom is 0.234 e. The molecular weight excluding hydrogens is 629 g/mol. The van der Waals surface area contributed by atoms with Crippen molar-refractivity contribution in [2.24, 2.45) is 5.73 Å². The van der Waals surface area contributed by atoms with Gasteiger partial charge in [-0.3, -0.25) is 14.5 Å². The number of nitriles is 1. The first-order valence-electron chi connectivity index (χ1n) is 11.6. The number of allylic oxidation sites excluding steroid dienone is 3. The second-order valence-electron chi connectivity index (χ2n) is 8.51. The number of rotatable bonds is 6. The Bertz CT molecular complexity index is 1600. The van der Waals surface area contributed by atoms with Crippen LogP contribution in [0.5, 0.6) is 0 Å². The molecule has 1 aliphatic heterocycles. The summed E-state index contributed by atoms with van der Waals surface area (Å²) in [6.45, 7) is 0. The van der Waals surface area contributed by atoms with Crippen LogP contribution in [-0.2, 0) is 9.59 Å². The van der Waals surface area contributed by atoms with Crippen LogP contribution in [0, 0.1) is 17.1 Å². The summed E-state index contributed by atoms with van der Waals surface area (Å²) in [7, 11) is 0. The van der Waals surface area contributed by atoms with E-state index in [1.807, 2.05) is 0 Å². The van der Waals surface area contributed by atoms with E-state index in [9.17, 15) is 14.9 Å². The van der Waals surface area contributed by atoms with Crippen molar-refractivity contribution >= 4 is 73.1 Å². The van der Waals surface area contributed by atoms with Gasteiger partial charge < -0.3 is 11.1 Å². The van der Waals surface area contributed by atoms with E-state index in [0.717, 1.165) is 23.1 Å². The molecular formula is C25H18BrClFN7O2S2. The van der Waals surface area contributed by atoms with E-state index in [1.165, 1.54) is 12.3 Å². The Morgan fingerprint density at radius 1 is 1.36 bits per heavy atom. The second-order valence-corrected chi connectivity index (χ2v) is 12.0. The zero-order valence-corrected chi connectivity index (χ0v) is 23.9. The molecule has 1 unspecified atom stereocenters. The molecule has 0 saturated heterocycles. The fourth-order valence-corrected chi connectivity index (χ4v) is 6.72. The van der Waals surface area contributed by atoms with E-state index in [-0.39, 0.29) is 46.0 Å². The number of hydrogen-bond donors (Lipinski definition) is 2. The minimum atomic E-state index is -0.934. The molecule has 0 radical (unpaired) electrons. The Morgan fingerprint density at radius 2 is 2.18 bits per heavy atom. The molecule has 3 heterocycles. The number of carbonyl (C=O) groups excluding carboxylic acids is 2. The number of ketones is 1. The molecule has 9 nitrogen and oxygen atoms in total. The summed E-state index contributed by atoms with van der Waals surface area (Å²) in [5.41, 5.74) is 8.07. The average molecular weight is 647 g/mol. The van der Waals surface area contributed by atoms with Gasteiger partial charge in [0.25, 0.3) is 0 Å². The van der Waals surface area contributed by atoms with Crippen molar-refractivity contribution in [2.75, 3.05) is 16.0 Å². The number of aromatic nitrogens is 3. The summed E-state index contributed by atoms with van der Waals surface area (Å²) in [6, 6.07) is 9.81. The lowest BCUT2D eigenvalue weighted by Gasteiger charge is -2.38. The van der Waals surface area contributed by atoms with Gasteiger partial charge >= 0.3 is 0 Å². The topological polar surface area (TPSA) is 138 Å². The molecule has 5 rings (SSSR count). The molecule has 1 amide bonds. The predicted octanol–water partition coefficient (Wildman–Crippen LogP) is 5.52. The lowest BCUT2D eigenvalue weighted by Crippen LogP contribution is -2.38. The lowest BCUT2D eigenvalue weighted by molar-refractivity contribution is -0.116. The van der Waals surface area contributed by atoms with E-state index in [4.69, 9.17) is 17.3 Å². The van der Waals surface area contributed by atoms with Gasteiger partial charge in [-0.25, -0.2) is 9.37 Å². The molecule has 39 heavy (non-hydrogen) atoms. The predicted molar refractivity (Wildman–Crippen MR) is 151 cm³/mol. The van der Waals surface area contributed by atoms with Crippen molar-refractivity contribution < 1.29 is 14.0 Å². The van der Waals surface area contributed by atoms with Crippen LogP contribution in [0.15, 0.2) is 68.0 Å². The molecule has 0 saturated carbocycles. The summed E-state index contributed by atoms with van der Waals surface area (Å²) in [5, 5.41) is 21.7. The van der Waals surface area contributed by atoms with Crippen molar-refractivity contribution in [1.29, 1.82) is 5.26 Å². The van der Waals surface area contributed by atoms with Crippen molar-refractivity contribution in [3.05, 3.63) is 80.2 Å². The van der Waals surface area contributed by atoms with Crippen LogP contribution in [0.2, 0.25) is 5.15 Å². The minimum absolute atomic E-state index is 0.0330. The number of hydrogen-bond acceptors (Lipinski definition) is 10. The lowest BCUT2D eigenvalue weighted by atomic mass is 9.75. The standard InChI is InChI=1S/C25H18BrClFN7O2S2/c26-12-6-7-15(28)13(9-12)20-14(10-29)23(30)35(17-4-1-5-18(36)21(17)20)24-33-34-25(39-24)38-11-19(37)32-16-3-2-8-31-22(16)27/h2-3,6-9,20H,1,4-5,11,30H2,(H,32,37). The molecule has 1 aromatic carbocycles. The van der Waals surface area contributed by atoms with Crippen molar-refractivity contribution in [3.8, 4) is 6.07 Å². The Balaban J connectivity index is 1.45. The van der Waals surface area contributed by atoms with E-state index >= 15 is 4.39 Å². The van der Waals surface area contributed by atoms with E-state index < -0.39 is 11.7 Å². The number of nitrogens with one attached hydrogen (secondary N) is 1. The molecule has 3 aromatic rings. The molecule has 0 spiro atoms. The third kappa shape index (κ3) is 5.42. The number of benzene rings is 1. The number of pyridine rings is 1. The number of thioether (sulfide) groups is 1. The number of amides is 1. The molecule has 1 aliphatic carbocycles. The number of carbonyl (C=O) groups is 2. The summed E-state index contributed by atoms with van der Waals surface area (Å²) in [4.78, 5) is 31.1. The number of halogens is 3. The highest BCUT2D eigenvalue weighted by Gasteiger charge is 2.42. The molecule has 2 aromatic heterocycles. The van der Waals surface area contributed by atoms with Crippen LogP contribution in [-0.4, -0.2) is 32.6 Å². The van der Waals surface area contributed by atoms with Crippen LogP contribution in [0.25, 0.3) is 0 Å². The average Bonchev–Trinajstić information content (AvgIpc) is 3.38. The first-order chi connectivity index (χ1) is 18.8. The monoisotopic (exact) mass is 645 g/mol. The van der Waals surface area contributed by atoms with Gasteiger partial charge in [0.2, 0.25) is 11.0 Å². The normalized spacial score (nSPS) is 17.2. The van der Waals surface area contributed by atoms with Gasteiger partial charge in [-0.15, -0.1) is 10.2 Å². The highest BCUT2D eigenvalue weighted by Crippen LogP contribution is 2.47. The second kappa shape index (κ2) is 11.4. The number of Topliss-reactive ketones (excluding diaryl/α,β-unsaturated/α-hetero) is 1. The zero-order valence-electron chi connectivity index (χ0n) is 20.0. The number of anilines is 2. The summed E-state index contributed by atoms with van der Waals surface area (Å²) < 4.78 is 16.1. The van der Waals surface area contributed by atoms with Gasteiger partial charge in [-0.2, -0.15) is 5.26 Å². The summed E-state index contributed by atoms with van der Waals surface area (Å²) >= 11 is 11.7. The molecule has 1 atom stereocenters. The smallest absolute Gasteiger partial charge is 0.234 e. The van der Waals surface area contributed by atoms with Gasteiger partial charge in [-0.05, 0) is 43.2 Å². The fourth-order valence-electron chi connectivity index (χ4n) is 4.50. The molecule has 0 bridgehead atoms. The Labute approximate surface area is 244 Å². The van der Waals surface area contributed by atoms with Gasteiger partial charge in [0.15, 0.2) is 15.3 Å². The highest BCUT2D eigenvalue weighted by atomic mass is 79.9. The first kappa shape index (κ1) is 27.3. The zero-order chi connectivity index (χ0) is 27.7. The van der Waals surface area contributed by atoms with E-state index in [2.05, 4.69) is 42.5 Å². The Hall–Kier alpha value is -3.31. The van der Waals surface area contributed by atoms with Crippen LogP contribution >= 0.6 is 50.6 Å². The summed E-state index contributed by atoms with van der Waals surface area (Å²) in [6.07, 6.45) is 2.87. The number of nitrogens with zero attached hydrogens (tertiary/aromatic N) is 5. The fraction of sp³-hybridized carbons (Fsp3) is 0.200. The molecule has 14 heteroatoms. The van der Waals surface area contributed by atoms with Crippen LogP contribution < -0.4 is 16.0 Å². The van der Waals surface area contributed by atoms with Crippen LogP contribution in [0.4, 0.5) is 15.2 Å². The van der Waals surface area contributed by atoms with Gasteiger partial charge in [0.05, 0.1) is 29.0 Å². The molecule has 3 N–H and O–H groups in total. The molecule has 198 valence electrons. The maximum absolute atomic E-state index is 15.0. The third-order valence-corrected chi connectivity index (χ3v) is 8.97. The minimum Gasteiger partial charge on any atom is -0.384 e. The Morgan fingerprint density at radius 3 is 2.95 bits per heavy atom. The third-order valence-electron chi connectivity index (χ3n) is 6.13. The summed E-state index contributed by atoms with van der Waals surface area (Å²) in [5.74, 6) is -1.86. The Kier molecular flexibility index (Phi) is 7.99. The first-order valence-corrected chi connectivity index (χ1v) is 14.5. The van der Waals surface area contributed by atoms with Gasteiger partial charge in [-0.1, -0.05) is 50.6 Å². The maximum atomic E-state index is 15.0. The van der Waals surface area contributed by atoms with Crippen molar-refractivity contribution in [1.82, 2.24) is 15.2 Å². The highest BCUT2D eigenvalue weighted by molar-refractivity contribution is 9.10. The largest absolute Gasteiger partial charge is 0.384 e. The SMILES string of the molecule is N#CC1=C(N)N(c2nnc(SCC(=O)Nc3cccnc3Cl)s2)C2=C(C(=O)CCC2)C1c1cc(Br)ccc1F. The molecule has 2 aliphatic rings. The van der Waals surface area contributed by atoms with E-state index in [0.29, 0.717) is 43.7 Å². The quantitative estimate of drug-likeness (QED) is 0.262. The van der Waals surface area contributed by atoms with Crippen molar-refractivity contribution in [3.63, 3.8) is 0 Å².